The van der Waals surface area contributed by atoms with Gasteiger partial charge in [0.1, 0.15) is 11.8 Å². The average molecular weight is 574 g/mol. The van der Waals surface area contributed by atoms with Crippen LogP contribution in [0.3, 0.4) is 0 Å². The Morgan fingerprint density at radius 2 is 1.55 bits per heavy atom. The van der Waals surface area contributed by atoms with Crippen LogP contribution in [0.25, 0.3) is 0 Å². The molecule has 0 bridgehead atoms. The van der Waals surface area contributed by atoms with Crippen LogP contribution in [0.2, 0.25) is 10.0 Å². The molecule has 0 saturated heterocycles. The van der Waals surface area contributed by atoms with Gasteiger partial charge in [0, 0.05) is 39.9 Å². The first kappa shape index (κ1) is 29.9. The molecule has 0 radical (unpaired) electrons. The van der Waals surface area contributed by atoms with Crippen molar-refractivity contribution in [3.05, 3.63) is 99.5 Å². The predicted octanol–water partition coefficient (Wildman–Crippen LogP) is 6.79. The van der Waals surface area contributed by atoms with Crippen molar-refractivity contribution >= 4 is 46.8 Å². The lowest BCUT2D eigenvalue weighted by molar-refractivity contribution is -0.140. The quantitative estimate of drug-likeness (QED) is 0.275. The summed E-state index contributed by atoms with van der Waals surface area (Å²) in [5.41, 5.74) is 2.18. The molecule has 0 saturated carbocycles. The van der Waals surface area contributed by atoms with Gasteiger partial charge in [0.05, 0.1) is 12.9 Å². The van der Waals surface area contributed by atoms with Crippen molar-refractivity contribution in [1.82, 2.24) is 10.2 Å². The first-order valence-electron chi connectivity index (χ1n) is 12.4. The summed E-state index contributed by atoms with van der Waals surface area (Å²) >= 11 is 14.5. The zero-order valence-electron chi connectivity index (χ0n) is 22.2. The summed E-state index contributed by atoms with van der Waals surface area (Å²) in [5.74, 6) is 1.24. The highest BCUT2D eigenvalue weighted by molar-refractivity contribution is 7.99. The van der Waals surface area contributed by atoms with E-state index in [0.717, 1.165) is 16.9 Å². The number of ether oxygens (including phenoxy) is 1. The number of benzene rings is 3. The van der Waals surface area contributed by atoms with Gasteiger partial charge in [-0.15, -0.1) is 11.8 Å². The van der Waals surface area contributed by atoms with Crippen LogP contribution >= 0.6 is 35.0 Å². The first-order valence-corrected chi connectivity index (χ1v) is 14.3. The molecule has 0 aliphatic carbocycles. The molecule has 0 spiro atoms. The number of carbonyl (C=O) groups excluding carboxylic acids is 2. The Balaban J connectivity index is 1.89. The highest BCUT2D eigenvalue weighted by atomic mass is 35.5. The molecule has 0 fully saturated rings. The Morgan fingerprint density at radius 3 is 2.13 bits per heavy atom. The van der Waals surface area contributed by atoms with E-state index >= 15 is 0 Å². The highest BCUT2D eigenvalue weighted by Gasteiger charge is 2.32. The van der Waals surface area contributed by atoms with E-state index in [1.165, 1.54) is 11.8 Å². The molecule has 0 aliphatic rings. The standard InChI is InChI=1S/C30H34Cl2N2O3S/c1-30(2,3)33-29(36)27(17-21-9-6-5-7-10-21)34(18-24-25(31)11-8-12-26(24)32)28(35)20-38-19-22-13-15-23(37-4)16-14-22/h5-16,27H,17-20H2,1-4H3,(H,33,36)/t27-/m0/s1. The third-order valence-electron chi connectivity index (χ3n) is 5.81. The molecule has 3 aromatic carbocycles. The molecule has 2 amide bonds. The topological polar surface area (TPSA) is 58.6 Å². The molecular weight excluding hydrogens is 539 g/mol. The lowest BCUT2D eigenvalue weighted by atomic mass is 10.0. The number of carbonyl (C=O) groups is 2. The number of nitrogens with zero attached hydrogens (tertiary/aromatic N) is 1. The SMILES string of the molecule is COc1ccc(CSCC(=O)N(Cc2c(Cl)cccc2Cl)[C@@H](Cc2ccccc2)C(=O)NC(C)(C)C)cc1. The third kappa shape index (κ3) is 8.97. The first-order chi connectivity index (χ1) is 18.1. The van der Waals surface area contributed by atoms with E-state index in [-0.39, 0.29) is 24.1 Å². The van der Waals surface area contributed by atoms with E-state index in [1.54, 1.807) is 30.2 Å². The molecule has 1 N–H and O–H groups in total. The zero-order chi connectivity index (χ0) is 27.7. The van der Waals surface area contributed by atoms with Crippen molar-refractivity contribution in [1.29, 1.82) is 0 Å². The number of amides is 2. The smallest absolute Gasteiger partial charge is 0.243 e. The van der Waals surface area contributed by atoms with Gasteiger partial charge in [-0.2, -0.15) is 0 Å². The molecule has 0 aromatic heterocycles. The third-order valence-corrected chi connectivity index (χ3v) is 7.51. The summed E-state index contributed by atoms with van der Waals surface area (Å²) in [4.78, 5) is 29.0. The molecule has 1 atom stereocenters. The van der Waals surface area contributed by atoms with Gasteiger partial charge in [-0.05, 0) is 56.2 Å². The fourth-order valence-corrected chi connectivity index (χ4v) is 5.31. The molecule has 202 valence electrons. The van der Waals surface area contributed by atoms with Crippen LogP contribution in [0, 0.1) is 0 Å². The monoisotopic (exact) mass is 572 g/mol. The van der Waals surface area contributed by atoms with Crippen molar-refractivity contribution in [3.8, 4) is 5.75 Å². The van der Waals surface area contributed by atoms with Crippen LogP contribution in [0.4, 0.5) is 0 Å². The van der Waals surface area contributed by atoms with E-state index in [0.29, 0.717) is 27.8 Å². The van der Waals surface area contributed by atoms with Crippen LogP contribution < -0.4 is 10.1 Å². The van der Waals surface area contributed by atoms with Crippen molar-refractivity contribution in [3.63, 3.8) is 0 Å². The minimum absolute atomic E-state index is 0.121. The van der Waals surface area contributed by atoms with Crippen LogP contribution in [0.15, 0.2) is 72.8 Å². The van der Waals surface area contributed by atoms with Crippen LogP contribution in [0.5, 0.6) is 5.75 Å². The maximum Gasteiger partial charge on any atom is 0.243 e. The van der Waals surface area contributed by atoms with E-state index in [1.807, 2.05) is 75.4 Å². The molecule has 3 rings (SSSR count). The lowest BCUT2D eigenvalue weighted by Crippen LogP contribution is -2.54. The Labute approximate surface area is 239 Å². The van der Waals surface area contributed by atoms with E-state index in [2.05, 4.69) is 5.32 Å². The largest absolute Gasteiger partial charge is 0.497 e. The normalized spacial score (nSPS) is 12.1. The Hall–Kier alpha value is -2.67. The Morgan fingerprint density at radius 1 is 0.921 bits per heavy atom. The average Bonchev–Trinajstić information content (AvgIpc) is 2.87. The lowest BCUT2D eigenvalue weighted by Gasteiger charge is -2.34. The predicted molar refractivity (Wildman–Crippen MR) is 158 cm³/mol. The summed E-state index contributed by atoms with van der Waals surface area (Å²) in [6.07, 6.45) is 0.361. The van der Waals surface area contributed by atoms with Gasteiger partial charge in [-0.1, -0.05) is 71.7 Å². The summed E-state index contributed by atoms with van der Waals surface area (Å²) in [5, 5.41) is 3.97. The second-order valence-electron chi connectivity index (χ2n) is 10.0. The van der Waals surface area contributed by atoms with Crippen molar-refractivity contribution in [2.45, 2.75) is 51.1 Å². The van der Waals surface area contributed by atoms with Gasteiger partial charge in [-0.25, -0.2) is 0 Å². The Bertz CT molecular complexity index is 1190. The van der Waals surface area contributed by atoms with E-state index < -0.39 is 11.6 Å². The molecule has 38 heavy (non-hydrogen) atoms. The van der Waals surface area contributed by atoms with E-state index in [4.69, 9.17) is 27.9 Å². The van der Waals surface area contributed by atoms with Gasteiger partial charge in [0.25, 0.3) is 0 Å². The fraction of sp³-hybridized carbons (Fsp3) is 0.333. The van der Waals surface area contributed by atoms with Gasteiger partial charge in [0.2, 0.25) is 11.8 Å². The van der Waals surface area contributed by atoms with E-state index in [9.17, 15) is 9.59 Å². The summed E-state index contributed by atoms with van der Waals surface area (Å²) in [6, 6.07) is 21.9. The molecule has 0 unspecified atom stereocenters. The Kier molecular flexibility index (Phi) is 11.0. The van der Waals surface area contributed by atoms with Gasteiger partial charge in [-0.3, -0.25) is 9.59 Å². The second kappa shape index (κ2) is 13.9. The number of halogens is 2. The maximum absolute atomic E-state index is 13.8. The van der Waals surface area contributed by atoms with Gasteiger partial charge in [0.15, 0.2) is 0 Å². The molecular formula is C30H34Cl2N2O3S. The summed E-state index contributed by atoms with van der Waals surface area (Å²) < 4.78 is 5.22. The number of methoxy groups -OCH3 is 1. The van der Waals surface area contributed by atoms with Crippen LogP contribution in [-0.4, -0.2) is 41.2 Å². The minimum atomic E-state index is -0.752. The number of rotatable bonds is 11. The second-order valence-corrected chi connectivity index (χ2v) is 11.8. The zero-order valence-corrected chi connectivity index (χ0v) is 24.5. The number of hydrogen-bond acceptors (Lipinski definition) is 4. The molecule has 0 heterocycles. The highest BCUT2D eigenvalue weighted by Crippen LogP contribution is 2.28. The molecule has 0 aliphatic heterocycles. The van der Waals surface area contributed by atoms with Gasteiger partial charge < -0.3 is 15.0 Å². The number of thioether (sulfide) groups is 1. The summed E-state index contributed by atoms with van der Waals surface area (Å²) in [6.45, 7) is 5.89. The summed E-state index contributed by atoms with van der Waals surface area (Å²) in [7, 11) is 1.63. The maximum atomic E-state index is 13.8. The number of hydrogen-bond donors (Lipinski definition) is 1. The van der Waals surface area contributed by atoms with Crippen molar-refractivity contribution in [2.24, 2.45) is 0 Å². The minimum Gasteiger partial charge on any atom is -0.497 e. The number of nitrogens with one attached hydrogen (secondary N) is 1. The van der Waals surface area contributed by atoms with Gasteiger partial charge >= 0.3 is 0 Å². The molecule has 5 nitrogen and oxygen atoms in total. The molecule has 8 heteroatoms. The van der Waals surface area contributed by atoms with Crippen molar-refractivity contribution < 1.29 is 14.3 Å². The van der Waals surface area contributed by atoms with Crippen molar-refractivity contribution in [2.75, 3.05) is 12.9 Å². The fourth-order valence-electron chi connectivity index (χ4n) is 3.92. The molecule has 3 aromatic rings. The van der Waals surface area contributed by atoms with Crippen LogP contribution in [-0.2, 0) is 28.3 Å². The van der Waals surface area contributed by atoms with Crippen LogP contribution in [0.1, 0.15) is 37.5 Å².